The Hall–Kier alpha value is 0.604. The fourth-order valence-electron chi connectivity index (χ4n) is 0.340. The third-order valence-corrected chi connectivity index (χ3v) is 0.586. The van der Waals surface area contributed by atoms with E-state index in [1.54, 1.807) is 0 Å². The van der Waals surface area contributed by atoms with Gasteiger partial charge in [0.2, 0.25) is 0 Å². The molecule has 0 heterocycles. The average Bonchev–Trinajstić information content (AvgIpc) is 2.11. The third kappa shape index (κ3) is 31.1. The second-order valence-electron chi connectivity index (χ2n) is 2.16. The Balaban J connectivity index is -0.0000000436. The third-order valence-electron chi connectivity index (χ3n) is 0.586. The van der Waals surface area contributed by atoms with Crippen molar-refractivity contribution in [2.24, 2.45) is 0 Å². The van der Waals surface area contributed by atoms with Gasteiger partial charge < -0.3 is 30.5 Å². The molecule has 0 fully saturated rings. The predicted molar refractivity (Wildman–Crippen MR) is 41.0 cm³/mol. The summed E-state index contributed by atoms with van der Waals surface area (Å²) >= 11 is 0. The Kier molecular flexibility index (Phi) is 33.7. The number of hydrogen-bond acceptors (Lipinski definition) is 0. The van der Waals surface area contributed by atoms with Crippen LogP contribution in [0.2, 0.25) is 0 Å². The van der Waals surface area contributed by atoms with Crippen molar-refractivity contribution in [2.45, 2.75) is 26.3 Å². The van der Waals surface area contributed by atoms with Gasteiger partial charge in [-0.15, -0.1) is 12.5 Å². The number of halogens is 2. The van der Waals surface area contributed by atoms with Crippen LogP contribution in [0.3, 0.4) is 0 Å². The van der Waals surface area contributed by atoms with Crippen molar-refractivity contribution in [3.63, 3.8) is 0 Å². The van der Waals surface area contributed by atoms with Crippen LogP contribution in [0, 0.1) is 6.08 Å². The smallest absolute Gasteiger partial charge is 1.00 e. The summed E-state index contributed by atoms with van der Waals surface area (Å²) in [5.74, 6) is 0. The molecule has 0 amide bonds. The first kappa shape index (κ1) is 22.9. The maximum atomic E-state index is 6.58. The molecule has 1 rings (SSSR count). The molecule has 0 aliphatic heterocycles. The summed E-state index contributed by atoms with van der Waals surface area (Å²) in [6.07, 6.45) is 10.0. The molecule has 0 aromatic heterocycles. The van der Waals surface area contributed by atoms with Gasteiger partial charge in [-0.3, -0.25) is 6.08 Å². The first-order valence-electron chi connectivity index (χ1n) is 3.16. The monoisotopic (exact) mass is 244 g/mol. The van der Waals surface area contributed by atoms with Crippen LogP contribution in [0.1, 0.15) is 20.3 Å². The van der Waals surface area contributed by atoms with Crippen molar-refractivity contribution in [3.8, 4) is 0 Å². The standard InChI is InChI=1S/C5H5.C3H8N.2ClH.V/c1-2-4-5-3-1;1-3(2)4;;;/h1-3H,4H2;3-4H,1-2H3;2*1H;/q2*-1;;;+4/p-2. The van der Waals surface area contributed by atoms with Crippen LogP contribution in [0.25, 0.3) is 5.73 Å². The van der Waals surface area contributed by atoms with Crippen LogP contribution >= 0.6 is 0 Å². The predicted octanol–water partition coefficient (Wildman–Crippen LogP) is -3.24. The van der Waals surface area contributed by atoms with Gasteiger partial charge in [0, 0.05) is 0 Å². The van der Waals surface area contributed by atoms with E-state index in [0.29, 0.717) is 0 Å². The molecule has 69 valence electrons. The van der Waals surface area contributed by atoms with Gasteiger partial charge in [-0.1, -0.05) is 13.8 Å². The van der Waals surface area contributed by atoms with Crippen LogP contribution in [-0.2, 0) is 18.6 Å². The summed E-state index contributed by atoms with van der Waals surface area (Å²) in [7, 11) is 0. The number of rotatable bonds is 0. The molecule has 0 atom stereocenters. The van der Waals surface area contributed by atoms with Crippen molar-refractivity contribution < 1.29 is 43.4 Å². The minimum absolute atomic E-state index is 0. The molecule has 0 aromatic carbocycles. The van der Waals surface area contributed by atoms with Crippen molar-refractivity contribution in [3.05, 3.63) is 30.0 Å². The number of nitrogens with one attached hydrogen (secondary N) is 1. The summed E-state index contributed by atoms with van der Waals surface area (Å²) in [5, 5.41) is 0. The van der Waals surface area contributed by atoms with E-state index in [1.807, 2.05) is 26.0 Å². The largest absolute Gasteiger partial charge is 4.00 e. The topological polar surface area (TPSA) is 23.8 Å². The Labute approximate surface area is 99.6 Å². The quantitative estimate of drug-likeness (QED) is 0.400. The van der Waals surface area contributed by atoms with E-state index >= 15 is 0 Å². The van der Waals surface area contributed by atoms with Gasteiger partial charge in [-0.2, -0.15) is 6.08 Å². The van der Waals surface area contributed by atoms with E-state index in [9.17, 15) is 0 Å². The molecule has 0 spiro atoms. The van der Waals surface area contributed by atoms with E-state index < -0.39 is 0 Å². The fraction of sp³-hybridized carbons (Fsp3) is 0.500. The van der Waals surface area contributed by atoms with Crippen LogP contribution < -0.4 is 24.8 Å². The SMILES string of the molecule is CC(C)[NH-].[C-]1=CC=CC1.[Cl-].[Cl-].[V+4]. The van der Waals surface area contributed by atoms with Crippen LogP contribution in [0.15, 0.2) is 18.2 Å². The zero-order valence-electron chi connectivity index (χ0n) is 7.22. The van der Waals surface area contributed by atoms with Crippen LogP contribution in [0.4, 0.5) is 0 Å². The molecular weight excluding hydrogens is 232 g/mol. The second-order valence-corrected chi connectivity index (χ2v) is 2.16. The molecule has 4 heteroatoms. The number of allylic oxidation sites excluding steroid dienone is 4. The fourth-order valence-corrected chi connectivity index (χ4v) is 0.340. The molecule has 0 aromatic rings. The Morgan fingerprint density at radius 1 is 1.33 bits per heavy atom. The molecule has 1 N–H and O–H groups in total. The maximum absolute atomic E-state index is 6.58. The molecule has 0 saturated heterocycles. The van der Waals surface area contributed by atoms with Gasteiger partial charge in [0.25, 0.3) is 0 Å². The molecule has 1 aliphatic carbocycles. The summed E-state index contributed by atoms with van der Waals surface area (Å²) in [4.78, 5) is 0. The van der Waals surface area contributed by atoms with Gasteiger partial charge in [0.1, 0.15) is 0 Å². The summed E-state index contributed by atoms with van der Waals surface area (Å²) in [5.41, 5.74) is 6.58. The van der Waals surface area contributed by atoms with Crippen molar-refractivity contribution in [1.29, 1.82) is 0 Å². The molecule has 1 nitrogen and oxygen atoms in total. The minimum atomic E-state index is 0. The van der Waals surface area contributed by atoms with Gasteiger partial charge in [0.15, 0.2) is 0 Å². The van der Waals surface area contributed by atoms with Gasteiger partial charge in [-0.05, 0) is 0 Å². The molecule has 1 radical (unpaired) electrons. The van der Waals surface area contributed by atoms with Crippen LogP contribution in [0.5, 0.6) is 0 Å². The van der Waals surface area contributed by atoms with Gasteiger partial charge >= 0.3 is 18.6 Å². The van der Waals surface area contributed by atoms with Crippen LogP contribution in [-0.4, -0.2) is 6.04 Å². The number of hydrogen-bond donors (Lipinski definition) is 0. The van der Waals surface area contributed by atoms with E-state index in [0.717, 1.165) is 6.42 Å². The Morgan fingerprint density at radius 2 is 1.75 bits per heavy atom. The molecule has 12 heavy (non-hydrogen) atoms. The summed E-state index contributed by atoms with van der Waals surface area (Å²) in [6.45, 7) is 3.67. The van der Waals surface area contributed by atoms with E-state index in [-0.39, 0.29) is 49.4 Å². The van der Waals surface area contributed by atoms with Crippen molar-refractivity contribution >= 4 is 0 Å². The first-order chi connectivity index (χ1) is 4.23. The van der Waals surface area contributed by atoms with Crippen molar-refractivity contribution in [1.82, 2.24) is 0 Å². The molecule has 0 unspecified atom stereocenters. The summed E-state index contributed by atoms with van der Waals surface area (Å²) in [6, 6.07) is 0.0833. The summed E-state index contributed by atoms with van der Waals surface area (Å²) < 4.78 is 0. The normalized spacial score (nSPS) is 10.3. The van der Waals surface area contributed by atoms with Gasteiger partial charge in [-0.25, -0.2) is 12.2 Å². The van der Waals surface area contributed by atoms with E-state index in [1.165, 1.54) is 0 Å². The molecule has 0 bridgehead atoms. The molecule has 1 aliphatic rings. The second kappa shape index (κ2) is 17.6. The zero-order valence-corrected chi connectivity index (χ0v) is 10.1. The van der Waals surface area contributed by atoms with Gasteiger partial charge in [0.05, 0.1) is 0 Å². The molecular formula is C8H13Cl2NV. The van der Waals surface area contributed by atoms with Crippen molar-refractivity contribution in [2.75, 3.05) is 0 Å². The minimum Gasteiger partial charge on any atom is -1.00 e. The Bertz CT molecular complexity index is 101. The first-order valence-corrected chi connectivity index (χ1v) is 3.16. The zero-order chi connectivity index (χ0) is 7.11. The van der Waals surface area contributed by atoms with E-state index in [2.05, 4.69) is 12.2 Å². The average molecular weight is 245 g/mol. The maximum Gasteiger partial charge on any atom is 4.00 e. The Morgan fingerprint density at radius 3 is 1.83 bits per heavy atom. The van der Waals surface area contributed by atoms with E-state index in [4.69, 9.17) is 5.73 Å². The molecule has 0 saturated carbocycles.